The molecule has 3 aromatic rings. The van der Waals surface area contributed by atoms with Crippen molar-refractivity contribution >= 4 is 28.4 Å². The summed E-state index contributed by atoms with van der Waals surface area (Å²) in [6.07, 6.45) is 0.893. The van der Waals surface area contributed by atoms with E-state index in [-0.39, 0.29) is 30.3 Å². The van der Waals surface area contributed by atoms with E-state index in [9.17, 15) is 9.59 Å². The maximum absolute atomic E-state index is 13.1. The van der Waals surface area contributed by atoms with Gasteiger partial charge in [-0.05, 0) is 36.4 Å². The molecular formula is C25H25N3O4. The lowest BCUT2D eigenvalue weighted by Gasteiger charge is -2.21. The number of pyridine rings is 1. The average Bonchev–Trinajstić information content (AvgIpc) is 3.45. The molecule has 1 aromatic heterocycles. The number of anilines is 1. The number of likely N-dealkylation sites (tertiary alicyclic amines) is 1. The van der Waals surface area contributed by atoms with E-state index in [4.69, 9.17) is 9.47 Å². The highest BCUT2D eigenvalue weighted by molar-refractivity contribution is 6.00. The Kier molecular flexibility index (Phi) is 5.39. The number of amides is 2. The third-order valence-corrected chi connectivity index (χ3v) is 6.18. The first-order chi connectivity index (χ1) is 15.6. The van der Waals surface area contributed by atoms with Crippen LogP contribution in [0.3, 0.4) is 0 Å². The number of carbonyl (C=O) groups excluding carboxylic acids is 2. The normalized spacial score (nSPS) is 20.7. The smallest absolute Gasteiger partial charge is 0.228 e. The van der Waals surface area contributed by atoms with Gasteiger partial charge >= 0.3 is 0 Å². The molecule has 2 aromatic carbocycles. The SMILES string of the molecule is COc1ccc(N2CC(C(=O)N3CCC(Oc4ccc5ccccc5n4)C3)CC2=O)cc1. The van der Waals surface area contributed by atoms with E-state index >= 15 is 0 Å². The monoisotopic (exact) mass is 431 g/mol. The van der Waals surface area contributed by atoms with E-state index in [1.165, 1.54) is 0 Å². The second-order valence-corrected chi connectivity index (χ2v) is 8.26. The van der Waals surface area contributed by atoms with Crippen molar-refractivity contribution in [2.45, 2.75) is 18.9 Å². The molecule has 0 saturated carbocycles. The molecule has 0 N–H and O–H groups in total. The van der Waals surface area contributed by atoms with Gasteiger partial charge in [0.25, 0.3) is 0 Å². The number of para-hydroxylation sites is 1. The zero-order valence-corrected chi connectivity index (χ0v) is 17.9. The van der Waals surface area contributed by atoms with Crippen LogP contribution in [0.2, 0.25) is 0 Å². The summed E-state index contributed by atoms with van der Waals surface area (Å²) in [7, 11) is 1.60. The van der Waals surface area contributed by atoms with E-state index in [1.807, 2.05) is 65.6 Å². The topological polar surface area (TPSA) is 72.0 Å². The summed E-state index contributed by atoms with van der Waals surface area (Å²) in [5.41, 5.74) is 1.68. The van der Waals surface area contributed by atoms with Gasteiger partial charge in [0.05, 0.1) is 25.1 Å². The zero-order chi connectivity index (χ0) is 22.1. The molecule has 2 atom stereocenters. The Morgan fingerprint density at radius 1 is 1.03 bits per heavy atom. The Bertz CT molecular complexity index is 1150. The maximum Gasteiger partial charge on any atom is 0.228 e. The van der Waals surface area contributed by atoms with Crippen molar-refractivity contribution in [3.63, 3.8) is 0 Å². The molecule has 7 heteroatoms. The number of methoxy groups -OCH3 is 1. The Morgan fingerprint density at radius 3 is 2.66 bits per heavy atom. The van der Waals surface area contributed by atoms with Crippen LogP contribution in [-0.2, 0) is 9.59 Å². The molecule has 0 bridgehead atoms. The van der Waals surface area contributed by atoms with Gasteiger partial charge in [-0.3, -0.25) is 9.59 Å². The highest BCUT2D eigenvalue weighted by Gasteiger charge is 2.39. The molecule has 5 rings (SSSR count). The van der Waals surface area contributed by atoms with E-state index in [2.05, 4.69) is 4.98 Å². The predicted molar refractivity (Wildman–Crippen MR) is 121 cm³/mol. The van der Waals surface area contributed by atoms with E-state index in [0.717, 1.165) is 28.8 Å². The lowest BCUT2D eigenvalue weighted by Crippen LogP contribution is -2.37. The minimum atomic E-state index is -0.331. The summed E-state index contributed by atoms with van der Waals surface area (Å²) < 4.78 is 11.2. The fourth-order valence-corrected chi connectivity index (χ4v) is 4.45. The summed E-state index contributed by atoms with van der Waals surface area (Å²) >= 11 is 0. The number of hydrogen-bond acceptors (Lipinski definition) is 5. The average molecular weight is 431 g/mol. The van der Waals surface area contributed by atoms with Crippen LogP contribution in [0.5, 0.6) is 11.6 Å². The summed E-state index contributed by atoms with van der Waals surface area (Å²) in [5, 5.41) is 1.07. The Balaban J connectivity index is 1.20. The van der Waals surface area contributed by atoms with Crippen LogP contribution in [0.4, 0.5) is 5.69 Å². The van der Waals surface area contributed by atoms with Gasteiger partial charge in [-0.2, -0.15) is 0 Å². The van der Waals surface area contributed by atoms with Gasteiger partial charge in [-0.1, -0.05) is 18.2 Å². The van der Waals surface area contributed by atoms with Crippen LogP contribution in [0.1, 0.15) is 12.8 Å². The standard InChI is InChI=1S/C25H25N3O4/c1-31-20-9-7-19(8-10-20)28-15-18(14-24(28)29)25(30)27-13-12-21(16-27)32-23-11-6-17-4-2-3-5-22(17)26-23/h2-11,18,21H,12-16H2,1H3. The Morgan fingerprint density at radius 2 is 1.84 bits per heavy atom. The highest BCUT2D eigenvalue weighted by Crippen LogP contribution is 2.29. The molecule has 3 heterocycles. The number of hydrogen-bond donors (Lipinski definition) is 0. The first kappa shape index (κ1) is 20.3. The second kappa shape index (κ2) is 8.49. The van der Waals surface area contributed by atoms with Crippen LogP contribution in [-0.4, -0.2) is 54.5 Å². The lowest BCUT2D eigenvalue weighted by molar-refractivity contribution is -0.135. The molecule has 2 unspecified atom stereocenters. The predicted octanol–water partition coefficient (Wildman–Crippen LogP) is 3.28. The van der Waals surface area contributed by atoms with Crippen LogP contribution in [0.15, 0.2) is 60.7 Å². The van der Waals surface area contributed by atoms with Crippen LogP contribution < -0.4 is 14.4 Å². The maximum atomic E-state index is 13.1. The fourth-order valence-electron chi connectivity index (χ4n) is 4.45. The number of aromatic nitrogens is 1. The molecule has 0 radical (unpaired) electrons. The summed E-state index contributed by atoms with van der Waals surface area (Å²) in [4.78, 5) is 33.7. The van der Waals surface area contributed by atoms with Crippen molar-refractivity contribution in [3.05, 3.63) is 60.7 Å². The van der Waals surface area contributed by atoms with E-state index in [0.29, 0.717) is 25.5 Å². The van der Waals surface area contributed by atoms with Gasteiger partial charge in [0.1, 0.15) is 11.9 Å². The van der Waals surface area contributed by atoms with Crippen LogP contribution >= 0.6 is 0 Å². The number of benzene rings is 2. The molecule has 2 aliphatic rings. The summed E-state index contributed by atoms with van der Waals surface area (Å²) in [6, 6.07) is 19.1. The first-order valence-electron chi connectivity index (χ1n) is 10.9. The number of nitrogens with zero attached hydrogens (tertiary/aromatic N) is 3. The third kappa shape index (κ3) is 3.98. The highest BCUT2D eigenvalue weighted by atomic mass is 16.5. The minimum Gasteiger partial charge on any atom is -0.497 e. The molecule has 2 saturated heterocycles. The molecular weight excluding hydrogens is 406 g/mol. The molecule has 32 heavy (non-hydrogen) atoms. The number of ether oxygens (including phenoxy) is 2. The second-order valence-electron chi connectivity index (χ2n) is 8.26. The third-order valence-electron chi connectivity index (χ3n) is 6.18. The van der Waals surface area contributed by atoms with Crippen molar-refractivity contribution in [1.29, 1.82) is 0 Å². The number of rotatable bonds is 5. The van der Waals surface area contributed by atoms with Crippen molar-refractivity contribution < 1.29 is 19.1 Å². The molecule has 164 valence electrons. The lowest BCUT2D eigenvalue weighted by atomic mass is 10.1. The van der Waals surface area contributed by atoms with Gasteiger partial charge < -0.3 is 19.3 Å². The van der Waals surface area contributed by atoms with Crippen molar-refractivity contribution in [1.82, 2.24) is 9.88 Å². The van der Waals surface area contributed by atoms with Crippen molar-refractivity contribution in [2.75, 3.05) is 31.6 Å². The first-order valence-corrected chi connectivity index (χ1v) is 10.9. The van der Waals surface area contributed by atoms with Gasteiger partial charge in [-0.25, -0.2) is 4.98 Å². The molecule has 2 amide bonds. The van der Waals surface area contributed by atoms with Gasteiger partial charge in [0, 0.05) is 43.1 Å². The molecule has 0 spiro atoms. The molecule has 0 aliphatic carbocycles. The molecule has 7 nitrogen and oxygen atoms in total. The fraction of sp³-hybridized carbons (Fsp3) is 0.320. The quantitative estimate of drug-likeness (QED) is 0.620. The zero-order valence-electron chi connectivity index (χ0n) is 17.9. The molecule has 2 aliphatic heterocycles. The Labute approximate surface area is 186 Å². The number of carbonyl (C=O) groups is 2. The largest absolute Gasteiger partial charge is 0.497 e. The van der Waals surface area contributed by atoms with Gasteiger partial charge in [-0.15, -0.1) is 0 Å². The van der Waals surface area contributed by atoms with Crippen molar-refractivity contribution in [2.24, 2.45) is 5.92 Å². The Hall–Kier alpha value is -3.61. The minimum absolute atomic E-state index is 0.0203. The summed E-state index contributed by atoms with van der Waals surface area (Å²) in [6.45, 7) is 1.54. The van der Waals surface area contributed by atoms with Gasteiger partial charge in [0.15, 0.2) is 0 Å². The van der Waals surface area contributed by atoms with Crippen LogP contribution in [0.25, 0.3) is 10.9 Å². The van der Waals surface area contributed by atoms with E-state index in [1.54, 1.807) is 12.0 Å². The summed E-state index contributed by atoms with van der Waals surface area (Å²) in [5.74, 6) is 0.969. The number of fused-ring (bicyclic) bond motifs is 1. The van der Waals surface area contributed by atoms with Crippen molar-refractivity contribution in [3.8, 4) is 11.6 Å². The van der Waals surface area contributed by atoms with Crippen LogP contribution in [0, 0.1) is 5.92 Å². The van der Waals surface area contributed by atoms with E-state index < -0.39 is 0 Å². The van der Waals surface area contributed by atoms with Gasteiger partial charge in [0.2, 0.25) is 17.7 Å². The molecule has 2 fully saturated rings.